The van der Waals surface area contributed by atoms with Crippen LogP contribution in [-0.2, 0) is 0 Å². The van der Waals surface area contributed by atoms with E-state index in [0.29, 0.717) is 5.82 Å². The van der Waals surface area contributed by atoms with Gasteiger partial charge in [0.2, 0.25) is 5.65 Å². The number of benzene rings is 3. The molecule has 0 bridgehead atoms. The first-order valence-corrected chi connectivity index (χ1v) is 11.3. The van der Waals surface area contributed by atoms with Gasteiger partial charge in [0.05, 0.1) is 6.20 Å². The van der Waals surface area contributed by atoms with Crippen molar-refractivity contribution in [3.05, 3.63) is 109 Å². The summed E-state index contributed by atoms with van der Waals surface area (Å²) in [6.45, 7) is 0. The molecule has 29 heavy (non-hydrogen) atoms. The molecule has 2 aromatic heterocycles. The quantitative estimate of drug-likeness (QED) is 0.476. The first-order valence-electron chi connectivity index (χ1n) is 9.46. The van der Waals surface area contributed by atoms with Crippen molar-refractivity contribution in [1.82, 2.24) is 14.6 Å². The van der Waals surface area contributed by atoms with E-state index in [1.54, 1.807) is 6.07 Å². The highest BCUT2D eigenvalue weighted by atomic mass is 31.2. The molecular weight excluding hydrogens is 375 g/mol. The Bertz CT molecular complexity index is 1150. The third kappa shape index (κ3) is 2.81. The van der Waals surface area contributed by atoms with Crippen LogP contribution in [0.4, 0.5) is 5.82 Å². The van der Waals surface area contributed by atoms with E-state index >= 15 is 0 Å². The molecule has 0 saturated carbocycles. The minimum atomic E-state index is -2.22. The monoisotopic (exact) mass is 395 g/mol. The minimum absolute atomic E-state index is 0.492. The van der Waals surface area contributed by atoms with Crippen LogP contribution >= 0.6 is 7.26 Å². The summed E-state index contributed by atoms with van der Waals surface area (Å²) in [5.74, 6) is 0.492. The largest absolute Gasteiger partial charge is 0.384 e. The van der Waals surface area contributed by atoms with Crippen molar-refractivity contribution in [2.24, 2.45) is 0 Å². The van der Waals surface area contributed by atoms with Gasteiger partial charge in [-0.05, 0) is 42.5 Å². The second kappa shape index (κ2) is 7.16. The van der Waals surface area contributed by atoms with Crippen LogP contribution in [0.1, 0.15) is 0 Å². The molecule has 0 unspecified atom stereocenters. The fourth-order valence-corrected chi connectivity index (χ4v) is 8.19. The van der Waals surface area contributed by atoms with E-state index in [9.17, 15) is 0 Å². The van der Waals surface area contributed by atoms with Gasteiger partial charge in [0.1, 0.15) is 29.0 Å². The molecule has 0 aliphatic heterocycles. The zero-order chi connectivity index (χ0) is 19.7. The van der Waals surface area contributed by atoms with Gasteiger partial charge in [0.25, 0.3) is 0 Å². The molecule has 0 spiro atoms. The number of hydrogen-bond acceptors (Lipinski definition) is 3. The Morgan fingerprint density at radius 2 is 1.14 bits per heavy atom. The summed E-state index contributed by atoms with van der Waals surface area (Å²) in [7, 11) is -2.22. The van der Waals surface area contributed by atoms with E-state index in [2.05, 4.69) is 101 Å². The summed E-state index contributed by atoms with van der Waals surface area (Å²) in [5.41, 5.74) is 6.87. The van der Waals surface area contributed by atoms with E-state index in [1.165, 1.54) is 15.9 Å². The fourth-order valence-electron chi connectivity index (χ4n) is 3.93. The summed E-state index contributed by atoms with van der Waals surface area (Å²) in [4.78, 5) is 4.68. The summed E-state index contributed by atoms with van der Waals surface area (Å²) in [6.07, 6.45) is 3.83. The third-order valence-electron chi connectivity index (χ3n) is 5.16. The Labute approximate surface area is 170 Å². The molecule has 5 aromatic rings. The van der Waals surface area contributed by atoms with E-state index < -0.39 is 7.26 Å². The molecule has 0 aliphatic rings. The van der Waals surface area contributed by atoms with E-state index in [-0.39, 0.29) is 0 Å². The molecule has 0 amide bonds. The summed E-state index contributed by atoms with van der Waals surface area (Å²) in [6, 6.07) is 33.8. The maximum Gasteiger partial charge on any atom is 0.201 e. The summed E-state index contributed by atoms with van der Waals surface area (Å²) < 4.78 is 1.81. The topological polar surface area (TPSA) is 56.2 Å². The minimum Gasteiger partial charge on any atom is -0.384 e. The van der Waals surface area contributed by atoms with Gasteiger partial charge in [-0.1, -0.05) is 54.6 Å². The Kier molecular flexibility index (Phi) is 4.34. The van der Waals surface area contributed by atoms with Crippen LogP contribution in [0.2, 0.25) is 0 Å². The van der Waals surface area contributed by atoms with Crippen molar-refractivity contribution < 1.29 is 0 Å². The van der Waals surface area contributed by atoms with E-state index in [4.69, 9.17) is 5.73 Å². The summed E-state index contributed by atoms with van der Waals surface area (Å²) >= 11 is 0. The number of nitrogens with zero attached hydrogens (tertiary/aromatic N) is 3. The van der Waals surface area contributed by atoms with E-state index in [0.717, 1.165) is 11.0 Å². The van der Waals surface area contributed by atoms with Crippen molar-refractivity contribution in [2.45, 2.75) is 0 Å². The van der Waals surface area contributed by atoms with Gasteiger partial charge in [-0.2, -0.15) is 5.10 Å². The molecule has 5 heteroatoms. The lowest BCUT2D eigenvalue weighted by molar-refractivity contribution is 0.942. The molecule has 0 atom stereocenters. The molecule has 140 valence electrons. The third-order valence-corrected chi connectivity index (χ3v) is 9.42. The predicted octanol–water partition coefficient (Wildman–Crippen LogP) is 2.93. The first kappa shape index (κ1) is 17.6. The molecule has 0 fully saturated rings. The lowest BCUT2D eigenvalue weighted by atomic mass is 10.4. The zero-order valence-electron chi connectivity index (χ0n) is 15.8. The lowest BCUT2D eigenvalue weighted by Crippen LogP contribution is -2.38. The molecule has 2 N–H and O–H groups in total. The molecular formula is C24H20N4P+. The van der Waals surface area contributed by atoms with Crippen molar-refractivity contribution in [3.63, 3.8) is 0 Å². The number of aromatic nitrogens is 3. The Morgan fingerprint density at radius 3 is 1.62 bits per heavy atom. The van der Waals surface area contributed by atoms with Gasteiger partial charge in [0.15, 0.2) is 5.30 Å². The van der Waals surface area contributed by atoms with Crippen molar-refractivity contribution in [1.29, 1.82) is 0 Å². The van der Waals surface area contributed by atoms with Crippen LogP contribution in [0, 0.1) is 0 Å². The van der Waals surface area contributed by atoms with Crippen LogP contribution in [0.15, 0.2) is 109 Å². The van der Waals surface area contributed by atoms with E-state index in [1.807, 2.05) is 16.9 Å². The van der Waals surface area contributed by atoms with Gasteiger partial charge in [-0.15, -0.1) is 0 Å². The number of hydrogen-bond donors (Lipinski definition) is 1. The average molecular weight is 395 g/mol. The number of nitrogens with two attached hydrogens (primary N) is 1. The molecule has 5 rings (SSSR count). The predicted molar refractivity (Wildman–Crippen MR) is 122 cm³/mol. The smallest absolute Gasteiger partial charge is 0.201 e. The second-order valence-electron chi connectivity index (χ2n) is 6.83. The highest BCUT2D eigenvalue weighted by molar-refractivity contribution is 8.01. The number of nitrogen functional groups attached to an aromatic ring is 1. The van der Waals surface area contributed by atoms with Gasteiger partial charge in [0, 0.05) is 6.20 Å². The SMILES string of the molecule is Nc1ccn2ncc([P+](c3ccccc3)(c3ccccc3)c3ccccc3)c2n1. The van der Waals surface area contributed by atoms with Gasteiger partial charge < -0.3 is 5.73 Å². The number of rotatable bonds is 4. The molecule has 0 radical (unpaired) electrons. The zero-order valence-corrected chi connectivity index (χ0v) is 16.7. The second-order valence-corrected chi connectivity index (χ2v) is 10.2. The normalized spacial score (nSPS) is 11.6. The van der Waals surface area contributed by atoms with Crippen molar-refractivity contribution in [3.8, 4) is 0 Å². The molecule has 2 heterocycles. The maximum absolute atomic E-state index is 6.07. The molecule has 0 saturated heterocycles. The number of anilines is 1. The molecule has 3 aromatic carbocycles. The van der Waals surface area contributed by atoms with Crippen LogP contribution in [0.25, 0.3) is 5.65 Å². The van der Waals surface area contributed by atoms with Crippen LogP contribution in [0.3, 0.4) is 0 Å². The van der Waals surface area contributed by atoms with Crippen molar-refractivity contribution >= 4 is 39.9 Å². The molecule has 4 nitrogen and oxygen atoms in total. The van der Waals surface area contributed by atoms with Crippen LogP contribution < -0.4 is 27.0 Å². The highest BCUT2D eigenvalue weighted by Crippen LogP contribution is 2.54. The standard InChI is InChI=1S/C24H20N4P/c25-23-16-17-28-24(27-23)22(18-26-28)29(19-10-4-1-5-11-19,20-12-6-2-7-13-20)21-14-8-3-9-15-21/h1-18H,(H2,25,27)/q+1. The Morgan fingerprint density at radius 1 is 0.655 bits per heavy atom. The summed E-state index contributed by atoms with van der Waals surface area (Å²) in [5, 5.41) is 9.52. The van der Waals surface area contributed by atoms with Crippen LogP contribution in [0.5, 0.6) is 0 Å². The first-order chi connectivity index (χ1) is 14.3. The maximum atomic E-state index is 6.07. The average Bonchev–Trinajstić information content (AvgIpc) is 3.20. The Balaban J connectivity index is 1.97. The lowest BCUT2D eigenvalue weighted by Gasteiger charge is -2.26. The van der Waals surface area contributed by atoms with Gasteiger partial charge >= 0.3 is 0 Å². The van der Waals surface area contributed by atoms with Gasteiger partial charge in [-0.3, -0.25) is 0 Å². The number of fused-ring (bicyclic) bond motifs is 1. The highest BCUT2D eigenvalue weighted by Gasteiger charge is 2.50. The molecule has 0 aliphatic carbocycles. The van der Waals surface area contributed by atoms with Gasteiger partial charge in [-0.25, -0.2) is 9.50 Å². The fraction of sp³-hybridized carbons (Fsp3) is 0. The van der Waals surface area contributed by atoms with Crippen molar-refractivity contribution in [2.75, 3.05) is 5.73 Å². The van der Waals surface area contributed by atoms with Crippen LogP contribution in [-0.4, -0.2) is 14.6 Å². The Hall–Kier alpha value is -3.49.